The number of hydrogen-bond donors (Lipinski definition) is 1. The summed E-state index contributed by atoms with van der Waals surface area (Å²) >= 11 is 0. The average Bonchev–Trinajstić information content (AvgIpc) is 2.86. The lowest BCUT2D eigenvalue weighted by atomic mass is 10.1. The highest BCUT2D eigenvalue weighted by Crippen LogP contribution is 2.21. The molecule has 0 fully saturated rings. The van der Waals surface area contributed by atoms with E-state index < -0.39 is 5.97 Å². The first kappa shape index (κ1) is 18.2. The van der Waals surface area contributed by atoms with Crippen molar-refractivity contribution in [3.63, 3.8) is 0 Å². The van der Waals surface area contributed by atoms with Crippen molar-refractivity contribution in [1.29, 1.82) is 0 Å². The maximum atomic E-state index is 12.7. The average molecular weight is 309 g/mol. The Morgan fingerprint density at radius 3 is 2.32 bits per heavy atom. The summed E-state index contributed by atoms with van der Waals surface area (Å²) in [5, 5.41) is 13.4. The number of aliphatic carboxylic acids is 1. The van der Waals surface area contributed by atoms with Crippen molar-refractivity contribution in [2.75, 3.05) is 6.54 Å². The summed E-state index contributed by atoms with van der Waals surface area (Å²) < 4.78 is 1.88. The molecule has 1 aromatic heterocycles. The smallest absolute Gasteiger partial charge is 0.323 e. The summed E-state index contributed by atoms with van der Waals surface area (Å²) in [6.07, 6.45) is 4.15. The number of carboxylic acids is 1. The normalized spacial score (nSPS) is 12.5. The second-order valence-electron chi connectivity index (χ2n) is 5.64. The molecule has 1 rings (SSSR count). The molecule has 6 heteroatoms. The SMILES string of the molecule is CCC(C)N(CC(=O)O)C(=O)c1cnn(C(CC)CC)c1C. The summed E-state index contributed by atoms with van der Waals surface area (Å²) in [4.78, 5) is 25.2. The number of nitrogens with zero attached hydrogens (tertiary/aromatic N) is 3. The molecule has 1 atom stereocenters. The van der Waals surface area contributed by atoms with Crippen molar-refractivity contribution < 1.29 is 14.7 Å². The van der Waals surface area contributed by atoms with E-state index in [2.05, 4.69) is 18.9 Å². The molecule has 124 valence electrons. The lowest BCUT2D eigenvalue weighted by molar-refractivity contribution is -0.138. The zero-order valence-corrected chi connectivity index (χ0v) is 14.2. The van der Waals surface area contributed by atoms with E-state index in [1.807, 2.05) is 25.5 Å². The molecular weight excluding hydrogens is 282 g/mol. The molecule has 1 aromatic rings. The summed E-state index contributed by atoms with van der Waals surface area (Å²) in [5.41, 5.74) is 1.30. The third-order valence-corrected chi connectivity index (χ3v) is 4.25. The Balaban J connectivity index is 3.12. The van der Waals surface area contributed by atoms with Gasteiger partial charge >= 0.3 is 5.97 Å². The molecule has 0 bridgehead atoms. The van der Waals surface area contributed by atoms with Crippen LogP contribution < -0.4 is 0 Å². The molecule has 1 unspecified atom stereocenters. The zero-order chi connectivity index (χ0) is 16.9. The van der Waals surface area contributed by atoms with E-state index in [9.17, 15) is 9.59 Å². The van der Waals surface area contributed by atoms with Gasteiger partial charge in [0.25, 0.3) is 5.91 Å². The molecular formula is C16H27N3O3. The number of carbonyl (C=O) groups excluding carboxylic acids is 1. The summed E-state index contributed by atoms with van der Waals surface area (Å²) in [7, 11) is 0. The molecule has 0 aromatic carbocycles. The summed E-state index contributed by atoms with van der Waals surface area (Å²) in [6, 6.07) is 0.137. The quantitative estimate of drug-likeness (QED) is 0.801. The van der Waals surface area contributed by atoms with Gasteiger partial charge in [-0.2, -0.15) is 5.10 Å². The number of carboxylic acid groups (broad SMARTS) is 1. The van der Waals surface area contributed by atoms with E-state index in [0.717, 1.165) is 18.5 Å². The van der Waals surface area contributed by atoms with Crippen molar-refractivity contribution >= 4 is 11.9 Å². The fourth-order valence-corrected chi connectivity index (χ4v) is 2.58. The summed E-state index contributed by atoms with van der Waals surface area (Å²) in [5.74, 6) is -1.26. The highest BCUT2D eigenvalue weighted by molar-refractivity contribution is 5.96. The van der Waals surface area contributed by atoms with Gasteiger partial charge in [-0.25, -0.2) is 0 Å². The molecule has 0 aliphatic carbocycles. The topological polar surface area (TPSA) is 75.4 Å². The Bertz CT molecular complexity index is 521. The first-order chi connectivity index (χ1) is 10.4. The van der Waals surface area contributed by atoms with Crippen LogP contribution in [0.4, 0.5) is 0 Å². The Kier molecular flexibility index (Phi) is 6.59. The molecule has 1 amide bonds. The van der Waals surface area contributed by atoms with Crippen LogP contribution in [0.3, 0.4) is 0 Å². The van der Waals surface area contributed by atoms with Gasteiger partial charge in [0.2, 0.25) is 0 Å². The highest BCUT2D eigenvalue weighted by atomic mass is 16.4. The van der Waals surface area contributed by atoms with Gasteiger partial charge < -0.3 is 10.0 Å². The Morgan fingerprint density at radius 1 is 1.27 bits per heavy atom. The minimum absolute atomic E-state index is 0.125. The molecule has 0 radical (unpaired) electrons. The minimum Gasteiger partial charge on any atom is -0.480 e. The van der Waals surface area contributed by atoms with Crippen LogP contribution in [-0.4, -0.2) is 44.3 Å². The van der Waals surface area contributed by atoms with Gasteiger partial charge in [0.1, 0.15) is 6.54 Å². The standard InChI is InChI=1S/C16H27N3O3/c1-6-11(4)18(10-15(20)21)16(22)14-9-17-19(12(14)5)13(7-2)8-3/h9,11,13H,6-8,10H2,1-5H3,(H,20,21). The molecule has 0 aliphatic rings. The van der Waals surface area contributed by atoms with E-state index >= 15 is 0 Å². The van der Waals surface area contributed by atoms with Crippen LogP contribution in [0.2, 0.25) is 0 Å². The van der Waals surface area contributed by atoms with Crippen molar-refractivity contribution in [1.82, 2.24) is 14.7 Å². The first-order valence-corrected chi connectivity index (χ1v) is 7.94. The fourth-order valence-electron chi connectivity index (χ4n) is 2.58. The number of hydrogen-bond acceptors (Lipinski definition) is 3. The molecule has 1 N–H and O–H groups in total. The van der Waals surface area contributed by atoms with Crippen LogP contribution in [0, 0.1) is 6.92 Å². The van der Waals surface area contributed by atoms with E-state index in [1.54, 1.807) is 6.20 Å². The Labute approximate surface area is 132 Å². The van der Waals surface area contributed by atoms with Crippen LogP contribution in [-0.2, 0) is 4.79 Å². The van der Waals surface area contributed by atoms with Crippen molar-refractivity contribution in [3.8, 4) is 0 Å². The number of carbonyl (C=O) groups is 2. The maximum Gasteiger partial charge on any atom is 0.323 e. The van der Waals surface area contributed by atoms with Gasteiger partial charge in [0.15, 0.2) is 0 Å². The third-order valence-electron chi connectivity index (χ3n) is 4.25. The van der Waals surface area contributed by atoms with E-state index in [1.165, 1.54) is 4.90 Å². The van der Waals surface area contributed by atoms with Crippen LogP contribution in [0.25, 0.3) is 0 Å². The number of aromatic nitrogens is 2. The van der Waals surface area contributed by atoms with E-state index in [0.29, 0.717) is 12.0 Å². The van der Waals surface area contributed by atoms with E-state index in [4.69, 9.17) is 5.11 Å². The Hall–Kier alpha value is -1.85. The van der Waals surface area contributed by atoms with Crippen LogP contribution in [0.5, 0.6) is 0 Å². The monoisotopic (exact) mass is 309 g/mol. The third kappa shape index (κ3) is 3.87. The minimum atomic E-state index is -1.00. The van der Waals surface area contributed by atoms with Crippen molar-refractivity contribution in [2.45, 2.75) is 66.0 Å². The zero-order valence-electron chi connectivity index (χ0n) is 14.2. The van der Waals surface area contributed by atoms with Gasteiger partial charge in [-0.1, -0.05) is 20.8 Å². The Morgan fingerprint density at radius 2 is 1.86 bits per heavy atom. The molecule has 22 heavy (non-hydrogen) atoms. The molecule has 0 aliphatic heterocycles. The summed E-state index contributed by atoms with van der Waals surface area (Å²) in [6.45, 7) is 9.56. The van der Waals surface area contributed by atoms with Gasteiger partial charge in [-0.05, 0) is 33.1 Å². The second-order valence-corrected chi connectivity index (χ2v) is 5.64. The van der Waals surface area contributed by atoms with Crippen LogP contribution in [0.15, 0.2) is 6.20 Å². The van der Waals surface area contributed by atoms with Gasteiger partial charge in [0.05, 0.1) is 17.8 Å². The first-order valence-electron chi connectivity index (χ1n) is 7.94. The number of amides is 1. The number of rotatable bonds is 8. The van der Waals surface area contributed by atoms with Crippen LogP contribution in [0.1, 0.15) is 69.1 Å². The predicted octanol–water partition coefficient (Wildman–Crippen LogP) is 2.88. The van der Waals surface area contributed by atoms with Gasteiger partial charge in [-0.3, -0.25) is 14.3 Å². The van der Waals surface area contributed by atoms with E-state index in [-0.39, 0.29) is 24.5 Å². The molecule has 6 nitrogen and oxygen atoms in total. The lowest BCUT2D eigenvalue weighted by Gasteiger charge is -2.27. The van der Waals surface area contributed by atoms with Crippen molar-refractivity contribution in [3.05, 3.63) is 17.5 Å². The highest BCUT2D eigenvalue weighted by Gasteiger charge is 2.26. The predicted molar refractivity (Wildman–Crippen MR) is 85.0 cm³/mol. The van der Waals surface area contributed by atoms with Gasteiger partial charge in [-0.15, -0.1) is 0 Å². The van der Waals surface area contributed by atoms with Crippen molar-refractivity contribution in [2.24, 2.45) is 0 Å². The fraction of sp³-hybridized carbons (Fsp3) is 0.688. The molecule has 0 saturated heterocycles. The lowest BCUT2D eigenvalue weighted by Crippen LogP contribution is -2.42. The maximum absolute atomic E-state index is 12.7. The molecule has 1 heterocycles. The molecule has 0 saturated carbocycles. The van der Waals surface area contributed by atoms with Gasteiger partial charge in [0, 0.05) is 11.7 Å². The second kappa shape index (κ2) is 7.96. The largest absolute Gasteiger partial charge is 0.480 e. The molecule has 0 spiro atoms. The van der Waals surface area contributed by atoms with Crippen LogP contribution >= 0.6 is 0 Å².